The largest absolute Gasteiger partial charge is 0.287 e. The number of Topliss-reactive ketones (excluding diaryl/α,β-unsaturated/α-hetero) is 1. The predicted molar refractivity (Wildman–Crippen MR) is 96.8 cm³/mol. The minimum absolute atomic E-state index is 0.184. The van der Waals surface area contributed by atoms with Gasteiger partial charge in [-0.1, -0.05) is 11.6 Å². The van der Waals surface area contributed by atoms with Gasteiger partial charge in [0.2, 0.25) is 5.78 Å². The van der Waals surface area contributed by atoms with Crippen LogP contribution in [0.3, 0.4) is 0 Å². The molecule has 0 N–H and O–H groups in total. The molecule has 0 heterocycles. The minimum atomic E-state index is -0.620. The van der Waals surface area contributed by atoms with E-state index in [1.54, 1.807) is 45.0 Å². The molecule has 2 rings (SSSR count). The van der Waals surface area contributed by atoms with Crippen LogP contribution in [0.5, 0.6) is 0 Å². The van der Waals surface area contributed by atoms with Crippen molar-refractivity contribution in [2.24, 2.45) is 10.2 Å². The molecule has 0 radical (unpaired) electrons. The Morgan fingerprint density at radius 2 is 1.72 bits per heavy atom. The summed E-state index contributed by atoms with van der Waals surface area (Å²) in [5.74, 6) is -1.50. The summed E-state index contributed by atoms with van der Waals surface area (Å²) in [6.07, 6.45) is 0.184. The van der Waals surface area contributed by atoms with Gasteiger partial charge in [-0.2, -0.15) is 10.2 Å². The summed E-state index contributed by atoms with van der Waals surface area (Å²) in [5.41, 5.74) is 2.04. The molecule has 0 aliphatic heterocycles. The zero-order chi connectivity index (χ0) is 18.6. The third-order valence-corrected chi connectivity index (χ3v) is 3.87. The van der Waals surface area contributed by atoms with Crippen molar-refractivity contribution < 1.29 is 13.6 Å². The average Bonchev–Trinajstić information content (AvgIpc) is 2.56. The van der Waals surface area contributed by atoms with Gasteiger partial charge in [0.05, 0.1) is 0 Å². The van der Waals surface area contributed by atoms with Gasteiger partial charge in [0.15, 0.2) is 0 Å². The van der Waals surface area contributed by atoms with Crippen molar-refractivity contribution in [2.45, 2.75) is 27.2 Å². The zero-order valence-corrected chi connectivity index (χ0v) is 14.9. The molecule has 0 aromatic heterocycles. The van der Waals surface area contributed by atoms with Gasteiger partial charge in [-0.05, 0) is 62.2 Å². The highest BCUT2D eigenvalue weighted by molar-refractivity contribution is 6.45. The maximum Gasteiger partial charge on any atom is 0.208 e. The highest BCUT2D eigenvalue weighted by atomic mass is 35.5. The standard InChI is InChI=1S/C19H17ClF2N2O/c1-11-8-16(21)10-18(22)17(11)9-12(2)23-24-13(3)19(25)14-4-6-15(20)7-5-14/h4-8,10H,9H2,1-3H3/b23-12-,24-13-. The van der Waals surface area contributed by atoms with E-state index >= 15 is 0 Å². The summed E-state index contributed by atoms with van der Waals surface area (Å²) in [6, 6.07) is 8.57. The fourth-order valence-electron chi connectivity index (χ4n) is 2.26. The fraction of sp³-hybridized carbons (Fsp3) is 0.211. The monoisotopic (exact) mass is 362 g/mol. The number of hydrogen-bond donors (Lipinski definition) is 0. The molecule has 0 bridgehead atoms. The first-order valence-corrected chi connectivity index (χ1v) is 7.98. The normalized spacial score (nSPS) is 12.4. The van der Waals surface area contributed by atoms with E-state index in [4.69, 9.17) is 11.6 Å². The molecule has 3 nitrogen and oxygen atoms in total. The Balaban J connectivity index is 2.15. The van der Waals surface area contributed by atoms with E-state index in [0.717, 1.165) is 6.07 Å². The van der Waals surface area contributed by atoms with E-state index in [1.807, 2.05) is 0 Å². The Kier molecular flexibility index (Phi) is 6.15. The molecule has 2 aromatic carbocycles. The maximum atomic E-state index is 13.9. The Morgan fingerprint density at radius 3 is 2.32 bits per heavy atom. The number of benzene rings is 2. The summed E-state index contributed by atoms with van der Waals surface area (Å²) < 4.78 is 27.0. The van der Waals surface area contributed by atoms with Crippen LogP contribution in [0, 0.1) is 18.6 Å². The average molecular weight is 363 g/mol. The fourth-order valence-corrected chi connectivity index (χ4v) is 2.39. The molecular formula is C19H17ClF2N2O. The lowest BCUT2D eigenvalue weighted by molar-refractivity contribution is 0.106. The number of aryl methyl sites for hydroxylation is 1. The van der Waals surface area contributed by atoms with Crippen molar-refractivity contribution >= 4 is 28.8 Å². The molecule has 2 aromatic rings. The molecule has 0 unspecified atom stereocenters. The van der Waals surface area contributed by atoms with Crippen LogP contribution in [0.15, 0.2) is 46.6 Å². The third kappa shape index (κ3) is 5.03. The molecule has 0 saturated carbocycles. The first-order valence-electron chi connectivity index (χ1n) is 7.60. The lowest BCUT2D eigenvalue weighted by Gasteiger charge is -2.07. The van der Waals surface area contributed by atoms with Gasteiger partial charge < -0.3 is 0 Å². The predicted octanol–water partition coefficient (Wildman–Crippen LogP) is 5.19. The summed E-state index contributed by atoms with van der Waals surface area (Å²) in [4.78, 5) is 12.2. The van der Waals surface area contributed by atoms with Crippen molar-refractivity contribution in [3.8, 4) is 0 Å². The van der Waals surface area contributed by atoms with Crippen LogP contribution < -0.4 is 0 Å². The third-order valence-electron chi connectivity index (χ3n) is 3.62. The summed E-state index contributed by atoms with van der Waals surface area (Å²) >= 11 is 5.79. The summed E-state index contributed by atoms with van der Waals surface area (Å²) in [7, 11) is 0. The van der Waals surface area contributed by atoms with E-state index < -0.39 is 11.6 Å². The van der Waals surface area contributed by atoms with Crippen molar-refractivity contribution in [3.05, 3.63) is 69.7 Å². The van der Waals surface area contributed by atoms with Crippen LogP contribution in [0.25, 0.3) is 0 Å². The maximum absolute atomic E-state index is 13.9. The number of halogens is 3. The number of carbonyl (C=O) groups is 1. The molecule has 6 heteroatoms. The molecule has 25 heavy (non-hydrogen) atoms. The van der Waals surface area contributed by atoms with E-state index in [9.17, 15) is 13.6 Å². The van der Waals surface area contributed by atoms with Gasteiger partial charge in [0, 0.05) is 28.8 Å². The van der Waals surface area contributed by atoms with Crippen molar-refractivity contribution in [2.75, 3.05) is 0 Å². The highest BCUT2D eigenvalue weighted by Crippen LogP contribution is 2.16. The first kappa shape index (κ1) is 18.9. The molecule has 0 atom stereocenters. The molecule has 0 aliphatic carbocycles. The molecule has 130 valence electrons. The van der Waals surface area contributed by atoms with Crippen LogP contribution in [0.4, 0.5) is 8.78 Å². The van der Waals surface area contributed by atoms with E-state index in [2.05, 4.69) is 10.2 Å². The molecule has 0 spiro atoms. The van der Waals surface area contributed by atoms with Gasteiger partial charge in [-0.25, -0.2) is 8.78 Å². The second kappa shape index (κ2) is 8.12. The number of hydrogen-bond acceptors (Lipinski definition) is 3. The van der Waals surface area contributed by atoms with Crippen molar-refractivity contribution in [1.82, 2.24) is 0 Å². The SMILES string of the molecule is C/C(Cc1c(C)cc(F)cc1F)=N/N=C(/C)C(=O)c1ccc(Cl)cc1. The first-order chi connectivity index (χ1) is 11.8. The van der Waals surface area contributed by atoms with Gasteiger partial charge >= 0.3 is 0 Å². The number of nitrogens with zero attached hydrogens (tertiary/aromatic N) is 2. The Morgan fingerprint density at radius 1 is 1.08 bits per heavy atom. The molecule has 0 fully saturated rings. The van der Waals surface area contributed by atoms with E-state index in [0.29, 0.717) is 27.4 Å². The molecule has 0 aliphatic rings. The minimum Gasteiger partial charge on any atom is -0.287 e. The van der Waals surface area contributed by atoms with Crippen LogP contribution in [0.1, 0.15) is 35.3 Å². The Labute approximate surface area is 150 Å². The Bertz CT molecular complexity index is 835. The smallest absolute Gasteiger partial charge is 0.208 e. The number of carbonyl (C=O) groups excluding carboxylic acids is 1. The lowest BCUT2D eigenvalue weighted by atomic mass is 10.0. The van der Waals surface area contributed by atoms with Crippen LogP contribution in [-0.4, -0.2) is 17.2 Å². The number of rotatable bonds is 5. The van der Waals surface area contributed by atoms with Crippen LogP contribution in [-0.2, 0) is 6.42 Å². The lowest BCUT2D eigenvalue weighted by Crippen LogP contribution is -2.10. The van der Waals surface area contributed by atoms with Crippen LogP contribution >= 0.6 is 11.6 Å². The van der Waals surface area contributed by atoms with Gasteiger partial charge in [-0.15, -0.1) is 0 Å². The highest BCUT2D eigenvalue weighted by Gasteiger charge is 2.11. The number of ketones is 1. The van der Waals surface area contributed by atoms with Crippen molar-refractivity contribution in [3.63, 3.8) is 0 Å². The van der Waals surface area contributed by atoms with E-state index in [1.165, 1.54) is 6.07 Å². The second-order valence-corrected chi connectivity index (χ2v) is 6.15. The summed E-state index contributed by atoms with van der Waals surface area (Å²) in [6.45, 7) is 4.86. The van der Waals surface area contributed by atoms with Gasteiger partial charge in [0.1, 0.15) is 17.3 Å². The molecular weight excluding hydrogens is 346 g/mol. The Hall–Kier alpha value is -2.40. The van der Waals surface area contributed by atoms with Gasteiger partial charge in [0.25, 0.3) is 0 Å². The molecule has 0 amide bonds. The van der Waals surface area contributed by atoms with E-state index in [-0.39, 0.29) is 17.9 Å². The van der Waals surface area contributed by atoms with Crippen LogP contribution in [0.2, 0.25) is 5.02 Å². The summed E-state index contributed by atoms with van der Waals surface area (Å²) in [5, 5.41) is 8.45. The topological polar surface area (TPSA) is 41.8 Å². The van der Waals surface area contributed by atoms with Gasteiger partial charge in [-0.3, -0.25) is 4.79 Å². The molecule has 0 saturated heterocycles. The second-order valence-electron chi connectivity index (χ2n) is 5.72. The zero-order valence-electron chi connectivity index (χ0n) is 14.1. The van der Waals surface area contributed by atoms with Crippen molar-refractivity contribution in [1.29, 1.82) is 0 Å². The quantitative estimate of drug-likeness (QED) is 0.410.